The third kappa shape index (κ3) is 2.60. The zero-order chi connectivity index (χ0) is 14.1. The number of nitrogens with zero attached hydrogens (tertiary/aromatic N) is 2. The lowest BCUT2D eigenvalue weighted by Crippen LogP contribution is -2.47. The van der Waals surface area contributed by atoms with Crippen LogP contribution in [0, 0.1) is 0 Å². The van der Waals surface area contributed by atoms with E-state index in [2.05, 4.69) is 15.2 Å². The van der Waals surface area contributed by atoms with E-state index in [-0.39, 0.29) is 17.6 Å². The molecular formula is C14H19ClN4O. The van der Waals surface area contributed by atoms with Crippen LogP contribution < -0.4 is 11.1 Å². The molecule has 3 N–H and O–H groups in total. The van der Waals surface area contributed by atoms with Gasteiger partial charge in [0.25, 0.3) is 5.91 Å². The quantitative estimate of drug-likeness (QED) is 0.870. The van der Waals surface area contributed by atoms with Crippen LogP contribution >= 0.6 is 11.6 Å². The molecule has 0 spiro atoms. The summed E-state index contributed by atoms with van der Waals surface area (Å²) in [4.78, 5) is 18.8. The zero-order valence-corrected chi connectivity index (χ0v) is 12.1. The first-order valence-corrected chi connectivity index (χ1v) is 7.50. The number of carbonyl (C=O) groups excluding carboxylic acids is 1. The molecule has 20 heavy (non-hydrogen) atoms. The maximum atomic E-state index is 12.3. The normalized spacial score (nSPS) is 26.2. The molecule has 0 aliphatic carbocycles. The molecule has 6 heteroatoms. The minimum Gasteiger partial charge on any atom is -0.384 e. The van der Waals surface area contributed by atoms with Crippen LogP contribution in [0.3, 0.4) is 0 Å². The van der Waals surface area contributed by atoms with E-state index in [1.807, 2.05) is 0 Å². The van der Waals surface area contributed by atoms with Crippen molar-refractivity contribution in [3.05, 3.63) is 22.8 Å². The van der Waals surface area contributed by atoms with Crippen LogP contribution in [0.4, 0.5) is 5.82 Å². The Hall–Kier alpha value is -1.33. The van der Waals surface area contributed by atoms with E-state index in [1.165, 1.54) is 12.8 Å². The Morgan fingerprint density at radius 2 is 2.20 bits per heavy atom. The maximum absolute atomic E-state index is 12.3. The molecule has 1 amide bonds. The van der Waals surface area contributed by atoms with Crippen LogP contribution in [-0.4, -0.2) is 41.0 Å². The van der Waals surface area contributed by atoms with Gasteiger partial charge in [-0.2, -0.15) is 0 Å². The predicted molar refractivity (Wildman–Crippen MR) is 78.7 cm³/mol. The predicted octanol–water partition coefficient (Wildman–Crippen LogP) is 1.67. The molecule has 2 fully saturated rings. The van der Waals surface area contributed by atoms with Crippen molar-refractivity contribution >= 4 is 23.3 Å². The Kier molecular flexibility index (Phi) is 3.81. The molecule has 1 aromatic heterocycles. The number of aromatic nitrogens is 1. The minimum absolute atomic E-state index is 0.196. The molecule has 2 aliphatic heterocycles. The van der Waals surface area contributed by atoms with Gasteiger partial charge in [-0.1, -0.05) is 18.0 Å². The smallest absolute Gasteiger partial charge is 0.271 e. The van der Waals surface area contributed by atoms with Crippen molar-refractivity contribution in [2.24, 2.45) is 0 Å². The highest BCUT2D eigenvalue weighted by Crippen LogP contribution is 2.27. The molecule has 0 bridgehead atoms. The first-order chi connectivity index (χ1) is 9.65. The van der Waals surface area contributed by atoms with Gasteiger partial charge in [-0.15, -0.1) is 0 Å². The fraction of sp³-hybridized carbons (Fsp3) is 0.571. The Morgan fingerprint density at radius 1 is 1.35 bits per heavy atom. The van der Waals surface area contributed by atoms with Crippen LogP contribution in [0.5, 0.6) is 0 Å². The van der Waals surface area contributed by atoms with Crippen molar-refractivity contribution in [3.63, 3.8) is 0 Å². The monoisotopic (exact) mass is 294 g/mol. The van der Waals surface area contributed by atoms with Gasteiger partial charge in [0, 0.05) is 18.6 Å². The van der Waals surface area contributed by atoms with E-state index in [4.69, 9.17) is 17.3 Å². The first kappa shape index (κ1) is 13.6. The number of carbonyl (C=O) groups is 1. The van der Waals surface area contributed by atoms with Crippen LogP contribution in [0.15, 0.2) is 12.1 Å². The van der Waals surface area contributed by atoms with Crippen molar-refractivity contribution in [1.29, 1.82) is 0 Å². The van der Waals surface area contributed by atoms with Gasteiger partial charge in [-0.3, -0.25) is 9.69 Å². The van der Waals surface area contributed by atoms with Gasteiger partial charge in [0.2, 0.25) is 0 Å². The third-order valence-corrected chi connectivity index (χ3v) is 4.56. The molecule has 3 rings (SSSR count). The van der Waals surface area contributed by atoms with Crippen molar-refractivity contribution in [2.45, 2.75) is 37.8 Å². The van der Waals surface area contributed by atoms with Crippen molar-refractivity contribution < 1.29 is 4.79 Å². The number of pyridine rings is 1. The minimum atomic E-state index is -0.222. The number of nitrogen functional groups attached to an aromatic ring is 1. The van der Waals surface area contributed by atoms with E-state index in [0.717, 1.165) is 25.9 Å². The van der Waals surface area contributed by atoms with Crippen LogP contribution in [0.1, 0.15) is 36.2 Å². The lowest BCUT2D eigenvalue weighted by molar-refractivity contribution is 0.0910. The second-order valence-corrected chi connectivity index (χ2v) is 5.94. The van der Waals surface area contributed by atoms with Gasteiger partial charge in [-0.05, 0) is 37.9 Å². The molecule has 0 radical (unpaired) electrons. The third-order valence-electron chi connectivity index (χ3n) is 4.26. The zero-order valence-electron chi connectivity index (χ0n) is 11.3. The summed E-state index contributed by atoms with van der Waals surface area (Å²) < 4.78 is 0. The number of halogens is 1. The SMILES string of the molecule is Nc1ccc(Cl)c(C(=O)NC2CCN3CCCCC23)n1. The molecular weight excluding hydrogens is 276 g/mol. The van der Waals surface area contributed by atoms with Gasteiger partial charge >= 0.3 is 0 Å². The Balaban J connectivity index is 1.71. The Labute approximate surface area is 123 Å². The lowest BCUT2D eigenvalue weighted by Gasteiger charge is -2.32. The number of hydrogen-bond donors (Lipinski definition) is 2. The number of hydrogen-bond acceptors (Lipinski definition) is 4. The molecule has 2 saturated heterocycles. The summed E-state index contributed by atoms with van der Waals surface area (Å²) in [5.41, 5.74) is 5.84. The standard InChI is InChI=1S/C14H19ClN4O/c15-9-4-5-12(16)18-13(9)14(20)17-10-6-8-19-7-2-1-3-11(10)19/h4-5,10-11H,1-3,6-8H2,(H2,16,18)(H,17,20). The molecule has 5 nitrogen and oxygen atoms in total. The van der Waals surface area contributed by atoms with Crippen molar-refractivity contribution in [2.75, 3.05) is 18.8 Å². The summed E-state index contributed by atoms with van der Waals surface area (Å²) in [6, 6.07) is 3.87. The van der Waals surface area contributed by atoms with Gasteiger partial charge in [0.1, 0.15) is 11.5 Å². The van der Waals surface area contributed by atoms with Gasteiger partial charge in [-0.25, -0.2) is 4.98 Å². The number of piperidine rings is 1. The Morgan fingerprint density at radius 3 is 3.05 bits per heavy atom. The van der Waals surface area contributed by atoms with E-state index in [0.29, 0.717) is 16.9 Å². The number of rotatable bonds is 2. The van der Waals surface area contributed by atoms with E-state index in [1.54, 1.807) is 12.1 Å². The summed E-state index contributed by atoms with van der Waals surface area (Å²) in [6.07, 6.45) is 4.66. The van der Waals surface area contributed by atoms with Crippen LogP contribution in [0.2, 0.25) is 5.02 Å². The number of nitrogens with two attached hydrogens (primary N) is 1. The second-order valence-electron chi connectivity index (χ2n) is 5.53. The average Bonchev–Trinajstić information content (AvgIpc) is 2.85. The summed E-state index contributed by atoms with van der Waals surface area (Å²) in [5.74, 6) is 0.0880. The molecule has 2 unspecified atom stereocenters. The fourth-order valence-corrected chi connectivity index (χ4v) is 3.46. The summed E-state index contributed by atoms with van der Waals surface area (Å²) in [6.45, 7) is 2.21. The topological polar surface area (TPSA) is 71.2 Å². The molecule has 2 aliphatic rings. The molecule has 108 valence electrons. The number of nitrogens with one attached hydrogen (secondary N) is 1. The highest BCUT2D eigenvalue weighted by molar-refractivity contribution is 6.33. The Bertz CT molecular complexity index is 522. The van der Waals surface area contributed by atoms with Crippen LogP contribution in [-0.2, 0) is 0 Å². The van der Waals surface area contributed by atoms with Crippen molar-refractivity contribution in [1.82, 2.24) is 15.2 Å². The largest absolute Gasteiger partial charge is 0.384 e. The molecule has 2 atom stereocenters. The van der Waals surface area contributed by atoms with Gasteiger partial charge < -0.3 is 11.1 Å². The van der Waals surface area contributed by atoms with Gasteiger partial charge in [0.05, 0.1) is 5.02 Å². The van der Waals surface area contributed by atoms with E-state index < -0.39 is 0 Å². The fourth-order valence-electron chi connectivity index (χ4n) is 3.27. The molecule has 0 aromatic carbocycles. The summed E-state index contributed by atoms with van der Waals surface area (Å²) in [7, 11) is 0. The highest BCUT2D eigenvalue weighted by atomic mass is 35.5. The van der Waals surface area contributed by atoms with Crippen LogP contribution in [0.25, 0.3) is 0 Å². The highest BCUT2D eigenvalue weighted by Gasteiger charge is 2.36. The number of anilines is 1. The molecule has 3 heterocycles. The first-order valence-electron chi connectivity index (χ1n) is 7.12. The van der Waals surface area contributed by atoms with E-state index in [9.17, 15) is 4.79 Å². The number of amides is 1. The van der Waals surface area contributed by atoms with E-state index >= 15 is 0 Å². The summed E-state index contributed by atoms with van der Waals surface area (Å²) in [5, 5.41) is 3.42. The molecule has 0 saturated carbocycles. The maximum Gasteiger partial charge on any atom is 0.271 e. The number of fused-ring (bicyclic) bond motifs is 1. The molecule has 1 aromatic rings. The average molecular weight is 295 g/mol. The second kappa shape index (κ2) is 5.58. The lowest BCUT2D eigenvalue weighted by atomic mass is 9.99. The summed E-state index contributed by atoms with van der Waals surface area (Å²) >= 11 is 6.02. The van der Waals surface area contributed by atoms with Crippen molar-refractivity contribution in [3.8, 4) is 0 Å². The van der Waals surface area contributed by atoms with Gasteiger partial charge in [0.15, 0.2) is 0 Å².